The first-order chi connectivity index (χ1) is 13.6. The zero-order valence-electron chi connectivity index (χ0n) is 17.6. The monoisotopic (exact) mass is 416 g/mol. The number of carbonyl (C=O) groups excluding carboxylic acids is 1. The lowest BCUT2D eigenvalue weighted by Crippen LogP contribution is -2.38. The number of hydrogen-bond donors (Lipinski definition) is 1. The van der Waals surface area contributed by atoms with Crippen LogP contribution in [0.4, 0.5) is 5.69 Å². The van der Waals surface area contributed by atoms with E-state index in [9.17, 15) is 13.2 Å². The molecule has 2 aromatic rings. The Kier molecular flexibility index (Phi) is 5.89. The standard InChI is InChI=1S/C22H28N2O4S/c1-14(2)22(25)24-9-8-17-6-7-19(12-18(17)13-24)23-29(26,27)20-10-15(3)21(28-5)16(4)11-20/h6-7,10-12,14,23H,8-9,13H2,1-5H3. The van der Waals surface area contributed by atoms with Gasteiger partial charge in [0.1, 0.15) is 5.75 Å². The lowest BCUT2D eigenvalue weighted by molar-refractivity contribution is -0.135. The van der Waals surface area contributed by atoms with Gasteiger partial charge in [-0.05, 0) is 66.8 Å². The molecule has 1 aliphatic rings. The molecule has 0 aliphatic carbocycles. The first-order valence-electron chi connectivity index (χ1n) is 9.71. The largest absolute Gasteiger partial charge is 0.496 e. The first kappa shape index (κ1) is 21.2. The lowest BCUT2D eigenvalue weighted by atomic mass is 9.98. The van der Waals surface area contributed by atoms with E-state index >= 15 is 0 Å². The average Bonchev–Trinajstić information content (AvgIpc) is 2.66. The highest BCUT2D eigenvalue weighted by atomic mass is 32.2. The van der Waals surface area contributed by atoms with Crippen LogP contribution in [0.3, 0.4) is 0 Å². The summed E-state index contributed by atoms with van der Waals surface area (Å²) in [6.07, 6.45) is 0.775. The van der Waals surface area contributed by atoms with Crippen molar-refractivity contribution in [1.82, 2.24) is 4.90 Å². The number of sulfonamides is 1. The summed E-state index contributed by atoms with van der Waals surface area (Å²) in [6, 6.07) is 8.76. The van der Waals surface area contributed by atoms with Gasteiger partial charge in [0.25, 0.3) is 10.0 Å². The van der Waals surface area contributed by atoms with E-state index in [1.165, 1.54) is 0 Å². The fourth-order valence-electron chi connectivity index (χ4n) is 3.78. The summed E-state index contributed by atoms with van der Waals surface area (Å²) in [5.74, 6) is 0.748. The Bertz CT molecular complexity index is 1020. The second-order valence-electron chi connectivity index (χ2n) is 7.84. The number of fused-ring (bicyclic) bond motifs is 1. The third-order valence-corrected chi connectivity index (χ3v) is 6.59. The fourth-order valence-corrected chi connectivity index (χ4v) is 4.99. The van der Waals surface area contributed by atoms with Crippen LogP contribution in [0.1, 0.15) is 36.1 Å². The predicted octanol–water partition coefficient (Wildman–Crippen LogP) is 3.65. The van der Waals surface area contributed by atoms with Crippen molar-refractivity contribution in [3.05, 3.63) is 52.6 Å². The number of ether oxygens (including phenoxy) is 1. The molecular weight excluding hydrogens is 388 g/mol. The van der Waals surface area contributed by atoms with Gasteiger partial charge in [0.2, 0.25) is 5.91 Å². The molecule has 3 rings (SSSR count). The summed E-state index contributed by atoms with van der Waals surface area (Å²) < 4.78 is 33.8. The lowest BCUT2D eigenvalue weighted by Gasteiger charge is -2.30. The van der Waals surface area contributed by atoms with Crippen LogP contribution in [-0.4, -0.2) is 32.9 Å². The van der Waals surface area contributed by atoms with Gasteiger partial charge < -0.3 is 9.64 Å². The van der Waals surface area contributed by atoms with Crippen LogP contribution in [0, 0.1) is 19.8 Å². The Labute approximate surface area is 172 Å². The summed E-state index contributed by atoms with van der Waals surface area (Å²) in [4.78, 5) is 14.4. The minimum atomic E-state index is -3.74. The van der Waals surface area contributed by atoms with Crippen molar-refractivity contribution in [2.24, 2.45) is 5.92 Å². The Morgan fingerprint density at radius 1 is 1.10 bits per heavy atom. The molecule has 0 spiro atoms. The maximum Gasteiger partial charge on any atom is 0.261 e. The van der Waals surface area contributed by atoms with Crippen LogP contribution in [0.25, 0.3) is 0 Å². The minimum absolute atomic E-state index is 0.0558. The number of methoxy groups -OCH3 is 1. The number of rotatable bonds is 5. The third kappa shape index (κ3) is 4.40. The maximum atomic E-state index is 12.9. The molecular formula is C22H28N2O4S. The maximum absolute atomic E-state index is 12.9. The number of anilines is 1. The van der Waals surface area contributed by atoms with Crippen molar-refractivity contribution in [1.29, 1.82) is 0 Å². The second kappa shape index (κ2) is 8.06. The Morgan fingerprint density at radius 2 is 1.76 bits per heavy atom. The molecule has 156 valence electrons. The van der Waals surface area contributed by atoms with Crippen LogP contribution >= 0.6 is 0 Å². The van der Waals surface area contributed by atoms with Gasteiger partial charge in [-0.25, -0.2) is 8.42 Å². The summed E-state index contributed by atoms with van der Waals surface area (Å²) >= 11 is 0. The smallest absolute Gasteiger partial charge is 0.261 e. The van der Waals surface area contributed by atoms with Crippen molar-refractivity contribution in [2.45, 2.75) is 45.6 Å². The zero-order valence-corrected chi connectivity index (χ0v) is 18.4. The van der Waals surface area contributed by atoms with E-state index in [2.05, 4.69) is 4.72 Å². The summed E-state index contributed by atoms with van der Waals surface area (Å²) in [6.45, 7) is 8.62. The molecule has 0 saturated carbocycles. The number of carbonyl (C=O) groups is 1. The van der Waals surface area contributed by atoms with E-state index < -0.39 is 10.0 Å². The van der Waals surface area contributed by atoms with Crippen LogP contribution < -0.4 is 9.46 Å². The molecule has 1 aliphatic heterocycles. The Morgan fingerprint density at radius 3 is 2.34 bits per heavy atom. The quantitative estimate of drug-likeness (QED) is 0.807. The van der Waals surface area contributed by atoms with Crippen molar-refractivity contribution in [3.63, 3.8) is 0 Å². The molecule has 2 aromatic carbocycles. The van der Waals surface area contributed by atoms with Crippen molar-refractivity contribution in [2.75, 3.05) is 18.4 Å². The van der Waals surface area contributed by atoms with Crippen LogP contribution in [0.5, 0.6) is 5.75 Å². The number of nitrogens with one attached hydrogen (secondary N) is 1. The molecule has 0 unspecified atom stereocenters. The van der Waals surface area contributed by atoms with E-state index in [-0.39, 0.29) is 16.7 Å². The summed E-state index contributed by atoms with van der Waals surface area (Å²) in [7, 11) is -2.17. The van der Waals surface area contributed by atoms with Gasteiger partial charge in [0, 0.05) is 24.7 Å². The van der Waals surface area contributed by atoms with Crippen molar-refractivity contribution in [3.8, 4) is 5.75 Å². The third-order valence-electron chi connectivity index (χ3n) is 5.22. The summed E-state index contributed by atoms with van der Waals surface area (Å²) in [5, 5.41) is 0. The minimum Gasteiger partial charge on any atom is -0.496 e. The fraction of sp³-hybridized carbons (Fsp3) is 0.409. The van der Waals surface area contributed by atoms with Crippen molar-refractivity contribution >= 4 is 21.6 Å². The van der Waals surface area contributed by atoms with E-state index in [0.717, 1.165) is 28.7 Å². The van der Waals surface area contributed by atoms with E-state index in [1.807, 2.05) is 44.7 Å². The van der Waals surface area contributed by atoms with Gasteiger partial charge in [0.05, 0.1) is 12.0 Å². The molecule has 0 bridgehead atoms. The van der Waals surface area contributed by atoms with Crippen LogP contribution in [0.15, 0.2) is 35.2 Å². The molecule has 0 radical (unpaired) electrons. The molecule has 0 fully saturated rings. The molecule has 0 saturated heterocycles. The van der Waals surface area contributed by atoms with Gasteiger partial charge >= 0.3 is 0 Å². The Hall–Kier alpha value is -2.54. The van der Waals surface area contributed by atoms with Gasteiger partial charge in [0.15, 0.2) is 0 Å². The number of amides is 1. The molecule has 0 atom stereocenters. The number of benzene rings is 2. The highest BCUT2D eigenvalue weighted by molar-refractivity contribution is 7.92. The van der Waals surface area contributed by atoms with E-state index in [0.29, 0.717) is 24.5 Å². The highest BCUT2D eigenvalue weighted by Crippen LogP contribution is 2.29. The molecule has 1 N–H and O–H groups in total. The normalized spacial score (nSPS) is 13.9. The van der Waals surface area contributed by atoms with Gasteiger partial charge in [-0.3, -0.25) is 9.52 Å². The molecule has 7 heteroatoms. The second-order valence-corrected chi connectivity index (χ2v) is 9.53. The van der Waals surface area contributed by atoms with E-state index in [4.69, 9.17) is 4.74 Å². The van der Waals surface area contributed by atoms with Gasteiger partial charge in [-0.2, -0.15) is 0 Å². The van der Waals surface area contributed by atoms with Crippen molar-refractivity contribution < 1.29 is 17.9 Å². The first-order valence-corrected chi connectivity index (χ1v) is 11.2. The molecule has 1 heterocycles. The van der Waals surface area contributed by atoms with Gasteiger partial charge in [-0.1, -0.05) is 19.9 Å². The topological polar surface area (TPSA) is 75.7 Å². The number of hydrogen-bond acceptors (Lipinski definition) is 4. The SMILES string of the molecule is COc1c(C)cc(S(=O)(=O)Nc2ccc3c(c2)CN(C(=O)C(C)C)CC3)cc1C. The van der Waals surface area contributed by atoms with Crippen LogP contribution in [-0.2, 0) is 27.8 Å². The summed E-state index contributed by atoms with van der Waals surface area (Å²) in [5.41, 5.74) is 4.15. The molecule has 0 aromatic heterocycles. The van der Waals surface area contributed by atoms with Gasteiger partial charge in [-0.15, -0.1) is 0 Å². The average molecular weight is 417 g/mol. The number of aryl methyl sites for hydroxylation is 2. The molecule has 6 nitrogen and oxygen atoms in total. The number of nitrogens with zero attached hydrogens (tertiary/aromatic N) is 1. The van der Waals surface area contributed by atoms with E-state index in [1.54, 1.807) is 25.3 Å². The Balaban J connectivity index is 1.86. The highest BCUT2D eigenvalue weighted by Gasteiger charge is 2.24. The zero-order chi connectivity index (χ0) is 21.3. The molecule has 1 amide bonds. The van der Waals surface area contributed by atoms with Crippen LogP contribution in [0.2, 0.25) is 0 Å². The predicted molar refractivity (Wildman–Crippen MR) is 114 cm³/mol. The molecule has 29 heavy (non-hydrogen) atoms.